The van der Waals surface area contributed by atoms with Gasteiger partial charge in [0.15, 0.2) is 0 Å². The first-order valence-corrected chi connectivity index (χ1v) is 1.01. The molecule has 0 aromatic rings. The molecule has 0 bridgehead atoms. The SMILES string of the molecule is CB(F)F. The fourth-order valence-electron chi connectivity index (χ4n) is 0. The maximum atomic E-state index is 10.3. The monoisotopic (exact) mass is 64.0 g/mol. The van der Waals surface area contributed by atoms with Crippen molar-refractivity contribution in [2.24, 2.45) is 0 Å². The molecular formula is CH3BF2. The van der Waals surface area contributed by atoms with Gasteiger partial charge >= 0.3 is 7.27 Å². The highest BCUT2D eigenvalue weighted by atomic mass is 19.2. The van der Waals surface area contributed by atoms with Gasteiger partial charge in [-0.15, -0.1) is 0 Å². The molecule has 0 heterocycles. The zero-order valence-electron chi connectivity index (χ0n) is 2.33. The molecule has 0 aromatic carbocycles. The Balaban J connectivity index is 2.32. The first-order valence-electron chi connectivity index (χ1n) is 1.01. The third-order valence-corrected chi connectivity index (χ3v) is 0. The summed E-state index contributed by atoms with van der Waals surface area (Å²) in [6.45, 7) is 0.833. The fraction of sp³-hybridized carbons (Fsp3) is 1.00. The van der Waals surface area contributed by atoms with Crippen molar-refractivity contribution in [3.05, 3.63) is 0 Å². The zero-order valence-corrected chi connectivity index (χ0v) is 2.33. The van der Waals surface area contributed by atoms with Crippen molar-refractivity contribution in [1.82, 2.24) is 0 Å². The predicted octanol–water partition coefficient (Wildman–Crippen LogP) is 1.04. The van der Waals surface area contributed by atoms with Gasteiger partial charge < -0.3 is 0 Å². The molecule has 0 aliphatic rings. The van der Waals surface area contributed by atoms with E-state index in [1.807, 2.05) is 0 Å². The molecule has 0 atom stereocenters. The van der Waals surface area contributed by atoms with Crippen molar-refractivity contribution in [1.29, 1.82) is 0 Å². The molecule has 0 fully saturated rings. The lowest BCUT2D eigenvalue weighted by molar-refractivity contribution is 0.673. The minimum absolute atomic E-state index is 0.833. The first-order chi connectivity index (χ1) is 1.73. The number of hydrogen-bond acceptors (Lipinski definition) is 0. The molecule has 0 unspecified atom stereocenters. The standard InChI is InChI=1S/CH3BF2/c1-2(3)4/h1H3. The average molecular weight is 63.8 g/mol. The highest BCUT2D eigenvalue weighted by Gasteiger charge is 1.94. The lowest BCUT2D eigenvalue weighted by Crippen LogP contribution is -1.79. The van der Waals surface area contributed by atoms with Crippen molar-refractivity contribution in [3.8, 4) is 0 Å². The Bertz CT molecular complexity index is 10.8. The van der Waals surface area contributed by atoms with Gasteiger partial charge in [0.2, 0.25) is 0 Å². The fourth-order valence-corrected chi connectivity index (χ4v) is 0. The summed E-state index contributed by atoms with van der Waals surface area (Å²) < 4.78 is 20.7. The molecule has 0 amide bonds. The number of halogens is 2. The molecule has 0 N–H and O–H groups in total. The molecule has 0 spiro atoms. The van der Waals surface area contributed by atoms with E-state index in [2.05, 4.69) is 0 Å². The Morgan fingerprint density at radius 2 is 1.50 bits per heavy atom. The summed E-state index contributed by atoms with van der Waals surface area (Å²) in [5.74, 6) is 0. The molecule has 0 aromatic heterocycles. The van der Waals surface area contributed by atoms with Gasteiger partial charge in [-0.25, -0.2) is 0 Å². The zero-order chi connectivity index (χ0) is 3.58. The van der Waals surface area contributed by atoms with Crippen LogP contribution in [0.25, 0.3) is 0 Å². The smallest absolute Gasteiger partial charge is 0.287 e. The second-order valence-electron chi connectivity index (χ2n) is 0.519. The van der Waals surface area contributed by atoms with Gasteiger partial charge in [0.05, 0.1) is 0 Å². The normalized spacial score (nSPS) is 6.75. The van der Waals surface area contributed by atoms with Crippen LogP contribution in [-0.4, -0.2) is 7.27 Å². The minimum atomic E-state index is -2.17. The summed E-state index contributed by atoms with van der Waals surface area (Å²) in [6, 6.07) is 0. The van der Waals surface area contributed by atoms with Crippen LogP contribution < -0.4 is 0 Å². The first kappa shape index (κ1) is 3.92. The molecule has 0 rings (SSSR count). The Labute approximate surface area is 24.0 Å². The molecule has 24 valence electrons. The molecule has 0 radical (unpaired) electrons. The van der Waals surface area contributed by atoms with E-state index in [0.717, 1.165) is 6.82 Å². The van der Waals surface area contributed by atoms with Crippen LogP contribution >= 0.6 is 0 Å². The Morgan fingerprint density at radius 1 is 1.50 bits per heavy atom. The maximum Gasteiger partial charge on any atom is 0.535 e. The van der Waals surface area contributed by atoms with E-state index in [0.29, 0.717) is 0 Å². The van der Waals surface area contributed by atoms with E-state index in [9.17, 15) is 8.63 Å². The Morgan fingerprint density at radius 3 is 1.50 bits per heavy atom. The number of hydrogen-bond donors (Lipinski definition) is 0. The third kappa shape index (κ3) is 292. The van der Waals surface area contributed by atoms with Crippen LogP contribution in [-0.2, 0) is 0 Å². The molecular weight excluding hydrogens is 60.8 g/mol. The van der Waals surface area contributed by atoms with Crippen LogP contribution in [0.3, 0.4) is 0 Å². The highest BCUT2D eigenvalue weighted by Crippen LogP contribution is 1.76. The maximum absolute atomic E-state index is 10.3. The van der Waals surface area contributed by atoms with Gasteiger partial charge in [-0.1, -0.05) is 0 Å². The number of rotatable bonds is 0. The van der Waals surface area contributed by atoms with Crippen LogP contribution in [0.15, 0.2) is 0 Å². The predicted molar refractivity (Wildman–Crippen MR) is 13.8 cm³/mol. The van der Waals surface area contributed by atoms with Gasteiger partial charge in [-0.05, 0) is 6.82 Å². The van der Waals surface area contributed by atoms with Gasteiger partial charge in [-0.2, -0.15) is 0 Å². The van der Waals surface area contributed by atoms with Crippen LogP contribution in [0.1, 0.15) is 0 Å². The van der Waals surface area contributed by atoms with E-state index in [4.69, 9.17) is 0 Å². The van der Waals surface area contributed by atoms with Crippen molar-refractivity contribution in [3.63, 3.8) is 0 Å². The summed E-state index contributed by atoms with van der Waals surface area (Å²) in [6.07, 6.45) is 0. The summed E-state index contributed by atoms with van der Waals surface area (Å²) >= 11 is 0. The molecule has 0 saturated carbocycles. The van der Waals surface area contributed by atoms with Crippen LogP contribution in [0.5, 0.6) is 0 Å². The van der Waals surface area contributed by atoms with E-state index in [1.54, 1.807) is 0 Å². The quantitative estimate of drug-likeness (QED) is 0.369. The molecule has 0 aliphatic heterocycles. The topological polar surface area (TPSA) is 0 Å². The lowest BCUT2D eigenvalue weighted by atomic mass is 10.1. The van der Waals surface area contributed by atoms with Crippen molar-refractivity contribution in [2.75, 3.05) is 0 Å². The minimum Gasteiger partial charge on any atom is -0.287 e. The summed E-state index contributed by atoms with van der Waals surface area (Å²) in [4.78, 5) is 0. The third-order valence-electron chi connectivity index (χ3n) is 0. The second kappa shape index (κ2) is 1.27. The molecule has 4 heavy (non-hydrogen) atoms. The van der Waals surface area contributed by atoms with Crippen molar-refractivity contribution < 1.29 is 8.63 Å². The van der Waals surface area contributed by atoms with E-state index >= 15 is 0 Å². The molecule has 3 heteroatoms. The van der Waals surface area contributed by atoms with E-state index in [-0.39, 0.29) is 0 Å². The van der Waals surface area contributed by atoms with Crippen molar-refractivity contribution >= 4 is 7.27 Å². The molecule has 0 nitrogen and oxygen atoms in total. The Kier molecular flexibility index (Phi) is 1.24. The van der Waals surface area contributed by atoms with Gasteiger partial charge in [0.25, 0.3) is 0 Å². The highest BCUT2D eigenvalue weighted by molar-refractivity contribution is 6.40. The average Bonchev–Trinajstić information content (AvgIpc) is 0.811. The van der Waals surface area contributed by atoms with E-state index in [1.165, 1.54) is 0 Å². The van der Waals surface area contributed by atoms with Crippen LogP contribution in [0.2, 0.25) is 6.82 Å². The molecule has 0 aliphatic carbocycles. The summed E-state index contributed by atoms with van der Waals surface area (Å²) in [7, 11) is -2.17. The summed E-state index contributed by atoms with van der Waals surface area (Å²) in [5.41, 5.74) is 0. The van der Waals surface area contributed by atoms with Gasteiger partial charge in [0, 0.05) is 0 Å². The van der Waals surface area contributed by atoms with Gasteiger partial charge in [-0.3, -0.25) is 8.63 Å². The lowest BCUT2D eigenvalue weighted by Gasteiger charge is -1.61. The van der Waals surface area contributed by atoms with Crippen LogP contribution in [0.4, 0.5) is 8.63 Å². The molecule has 0 saturated heterocycles. The Hall–Kier alpha value is -0.0751. The second-order valence-corrected chi connectivity index (χ2v) is 0.519. The van der Waals surface area contributed by atoms with Crippen molar-refractivity contribution in [2.45, 2.75) is 6.82 Å². The summed E-state index contributed by atoms with van der Waals surface area (Å²) in [5, 5.41) is 0. The van der Waals surface area contributed by atoms with Crippen LogP contribution in [0, 0.1) is 0 Å². The largest absolute Gasteiger partial charge is 0.535 e. The van der Waals surface area contributed by atoms with E-state index < -0.39 is 7.27 Å². The van der Waals surface area contributed by atoms with Gasteiger partial charge in [0.1, 0.15) is 0 Å².